The van der Waals surface area contributed by atoms with Gasteiger partial charge in [-0.1, -0.05) is 0 Å². The predicted octanol–water partition coefficient (Wildman–Crippen LogP) is -0.590. The first-order valence-electron chi connectivity index (χ1n) is 6.71. The monoisotopic (exact) mass is 276 g/mol. The number of imidazole rings is 1. The lowest BCUT2D eigenvalue weighted by Crippen LogP contribution is -2.35. The van der Waals surface area contributed by atoms with Crippen molar-refractivity contribution in [3.05, 3.63) is 18.3 Å². The van der Waals surface area contributed by atoms with Crippen molar-refractivity contribution in [3.63, 3.8) is 0 Å². The normalized spacial score (nSPS) is 39.2. The number of hydrogen-bond donors (Lipinski definition) is 3. The molecule has 0 saturated heterocycles. The highest BCUT2D eigenvalue weighted by Crippen LogP contribution is 2.67. The van der Waals surface area contributed by atoms with Gasteiger partial charge in [-0.2, -0.15) is 0 Å². The molecule has 4 rings (SSSR count). The third-order valence-corrected chi connectivity index (χ3v) is 5.01. The fourth-order valence-electron chi connectivity index (χ4n) is 3.74. The maximum atomic E-state index is 10.3. The van der Waals surface area contributed by atoms with Crippen LogP contribution in [0.2, 0.25) is 0 Å². The van der Waals surface area contributed by atoms with Crippen LogP contribution in [-0.4, -0.2) is 53.7 Å². The Kier molecular flexibility index (Phi) is 2.28. The highest BCUT2D eigenvalue weighted by Gasteiger charge is 2.71. The lowest BCUT2D eigenvalue weighted by atomic mass is 10.0. The van der Waals surface area contributed by atoms with E-state index in [0.717, 1.165) is 12.1 Å². The van der Waals surface area contributed by atoms with Gasteiger partial charge in [0, 0.05) is 5.41 Å². The number of aryl methyl sites for hydroxylation is 1. The van der Waals surface area contributed by atoms with Crippen molar-refractivity contribution in [1.82, 2.24) is 19.5 Å². The largest absolute Gasteiger partial charge is 0.396 e. The van der Waals surface area contributed by atoms with Crippen molar-refractivity contribution < 1.29 is 15.3 Å². The fraction of sp³-hybridized carbons (Fsp3) is 0.615. The first-order valence-corrected chi connectivity index (χ1v) is 6.71. The molecule has 0 bridgehead atoms. The van der Waals surface area contributed by atoms with Crippen LogP contribution in [-0.2, 0) is 0 Å². The summed E-state index contributed by atoms with van der Waals surface area (Å²) in [6.45, 7) is 1.75. The number of aliphatic hydroxyl groups excluding tert-OH is 3. The van der Waals surface area contributed by atoms with Crippen LogP contribution in [0.25, 0.3) is 11.2 Å². The Bertz CT molecular complexity index is 687. The second-order valence-corrected chi connectivity index (χ2v) is 5.91. The Hall–Kier alpha value is -1.57. The van der Waals surface area contributed by atoms with Gasteiger partial charge in [0.15, 0.2) is 5.65 Å². The van der Waals surface area contributed by atoms with Crippen LogP contribution in [0, 0.1) is 18.3 Å². The standard InChI is InChI=1S/C13H16N4O3/c1-6-8-12(15-4-14-6)17(5-16-8)9-7-2-13(7,3-18)11(20)10(9)19/h4-5,7,9-11,18-20H,2-3H2,1H3/t7-,9-,10+,11+,13?/m1/s1. The third kappa shape index (κ3) is 1.27. The number of fused-ring (bicyclic) bond motifs is 2. The van der Waals surface area contributed by atoms with Crippen molar-refractivity contribution in [1.29, 1.82) is 0 Å². The summed E-state index contributed by atoms with van der Waals surface area (Å²) in [4.78, 5) is 12.6. The molecule has 7 heteroatoms. The van der Waals surface area contributed by atoms with E-state index >= 15 is 0 Å². The highest BCUT2D eigenvalue weighted by molar-refractivity contribution is 5.73. The molecule has 3 N–H and O–H groups in total. The first-order chi connectivity index (χ1) is 9.60. The Morgan fingerprint density at radius 2 is 2.15 bits per heavy atom. The van der Waals surface area contributed by atoms with E-state index in [1.807, 2.05) is 11.5 Å². The molecule has 2 aliphatic rings. The number of aliphatic hydroxyl groups is 3. The average Bonchev–Trinajstić information content (AvgIpc) is 2.95. The zero-order chi connectivity index (χ0) is 14.1. The molecule has 7 nitrogen and oxygen atoms in total. The molecule has 0 aliphatic heterocycles. The Labute approximate surface area is 114 Å². The van der Waals surface area contributed by atoms with Crippen molar-refractivity contribution >= 4 is 11.2 Å². The van der Waals surface area contributed by atoms with Crippen LogP contribution >= 0.6 is 0 Å². The van der Waals surface area contributed by atoms with Gasteiger partial charge >= 0.3 is 0 Å². The van der Waals surface area contributed by atoms with E-state index in [1.54, 1.807) is 6.33 Å². The second-order valence-electron chi connectivity index (χ2n) is 5.91. The Morgan fingerprint density at radius 3 is 2.85 bits per heavy atom. The van der Waals surface area contributed by atoms with E-state index in [0.29, 0.717) is 11.2 Å². The molecular formula is C13H16N4O3. The van der Waals surface area contributed by atoms with Gasteiger partial charge in [0.25, 0.3) is 0 Å². The first kappa shape index (κ1) is 12.2. The van der Waals surface area contributed by atoms with E-state index in [4.69, 9.17) is 0 Å². The molecule has 106 valence electrons. The number of hydrogen-bond acceptors (Lipinski definition) is 6. The van der Waals surface area contributed by atoms with E-state index in [-0.39, 0.29) is 18.6 Å². The minimum atomic E-state index is -0.909. The van der Waals surface area contributed by atoms with E-state index < -0.39 is 17.6 Å². The van der Waals surface area contributed by atoms with Gasteiger partial charge < -0.3 is 19.9 Å². The maximum absolute atomic E-state index is 10.3. The van der Waals surface area contributed by atoms with Crippen LogP contribution in [0.3, 0.4) is 0 Å². The van der Waals surface area contributed by atoms with E-state index in [2.05, 4.69) is 15.0 Å². The maximum Gasteiger partial charge on any atom is 0.163 e. The number of aromatic nitrogens is 4. The molecule has 2 saturated carbocycles. The summed E-state index contributed by atoms with van der Waals surface area (Å²) < 4.78 is 1.81. The molecule has 1 unspecified atom stereocenters. The lowest BCUT2D eigenvalue weighted by molar-refractivity contribution is -0.0300. The van der Waals surface area contributed by atoms with Crippen LogP contribution in [0.1, 0.15) is 18.2 Å². The van der Waals surface area contributed by atoms with Crippen LogP contribution in [0.5, 0.6) is 0 Å². The summed E-state index contributed by atoms with van der Waals surface area (Å²) in [7, 11) is 0. The molecule has 5 atom stereocenters. The van der Waals surface area contributed by atoms with Crippen molar-refractivity contribution in [2.45, 2.75) is 31.6 Å². The summed E-state index contributed by atoms with van der Waals surface area (Å²) in [5, 5.41) is 30.0. The SMILES string of the molecule is Cc1ncnc2c1ncn2[C@H]1[C@H](O)[C@H](O)C2(CO)C[C@H]12. The summed E-state index contributed by atoms with van der Waals surface area (Å²) in [5.41, 5.74) is 1.60. The van der Waals surface area contributed by atoms with Gasteiger partial charge in [-0.25, -0.2) is 15.0 Å². The molecule has 0 spiro atoms. The number of nitrogens with zero attached hydrogens (tertiary/aromatic N) is 4. The van der Waals surface area contributed by atoms with Gasteiger partial charge in [0.2, 0.25) is 0 Å². The summed E-state index contributed by atoms with van der Waals surface area (Å²) in [6.07, 6.45) is 2.02. The van der Waals surface area contributed by atoms with E-state index in [1.165, 1.54) is 6.33 Å². The molecule has 2 aromatic heterocycles. The minimum Gasteiger partial charge on any atom is -0.396 e. The van der Waals surface area contributed by atoms with Gasteiger partial charge in [-0.15, -0.1) is 0 Å². The van der Waals surface area contributed by atoms with Crippen molar-refractivity contribution in [2.75, 3.05) is 6.61 Å². The highest BCUT2D eigenvalue weighted by atomic mass is 16.3. The second kappa shape index (κ2) is 3.75. The molecule has 2 fully saturated rings. The van der Waals surface area contributed by atoms with Crippen LogP contribution < -0.4 is 0 Å². The van der Waals surface area contributed by atoms with Crippen LogP contribution in [0.4, 0.5) is 0 Å². The molecule has 0 radical (unpaired) electrons. The van der Waals surface area contributed by atoms with Gasteiger partial charge in [-0.3, -0.25) is 0 Å². The quantitative estimate of drug-likeness (QED) is 0.677. The molecule has 2 aromatic rings. The van der Waals surface area contributed by atoms with Gasteiger partial charge in [-0.05, 0) is 19.3 Å². The minimum absolute atomic E-state index is 0.0603. The van der Waals surface area contributed by atoms with Gasteiger partial charge in [0.1, 0.15) is 17.9 Å². The number of rotatable bonds is 2. The zero-order valence-electron chi connectivity index (χ0n) is 11.0. The van der Waals surface area contributed by atoms with Gasteiger partial charge in [0.05, 0.1) is 30.8 Å². The molecular weight excluding hydrogens is 260 g/mol. The fourth-order valence-corrected chi connectivity index (χ4v) is 3.74. The van der Waals surface area contributed by atoms with Crippen LogP contribution in [0.15, 0.2) is 12.7 Å². The summed E-state index contributed by atoms with van der Waals surface area (Å²) in [6, 6.07) is -0.295. The third-order valence-electron chi connectivity index (χ3n) is 5.01. The molecule has 20 heavy (non-hydrogen) atoms. The van der Waals surface area contributed by atoms with E-state index in [9.17, 15) is 15.3 Å². The van der Waals surface area contributed by atoms with Crippen molar-refractivity contribution in [2.24, 2.45) is 11.3 Å². The molecule has 2 heterocycles. The molecule has 2 aliphatic carbocycles. The molecule has 0 aromatic carbocycles. The Balaban J connectivity index is 1.83. The Morgan fingerprint density at radius 1 is 1.35 bits per heavy atom. The topological polar surface area (TPSA) is 104 Å². The lowest BCUT2D eigenvalue weighted by Gasteiger charge is -2.23. The van der Waals surface area contributed by atoms with Crippen molar-refractivity contribution in [3.8, 4) is 0 Å². The average molecular weight is 276 g/mol. The zero-order valence-corrected chi connectivity index (χ0v) is 11.0. The molecule has 0 amide bonds. The summed E-state index contributed by atoms with van der Waals surface area (Å²) in [5.74, 6) is 0.0603. The smallest absolute Gasteiger partial charge is 0.163 e. The summed E-state index contributed by atoms with van der Waals surface area (Å²) >= 11 is 0. The predicted molar refractivity (Wildman–Crippen MR) is 68.7 cm³/mol.